The van der Waals surface area contributed by atoms with Crippen LogP contribution in [0.25, 0.3) is 0 Å². The maximum Gasteiger partial charge on any atom is 0.138 e. The first-order chi connectivity index (χ1) is 6.45. The first-order valence-electron chi connectivity index (χ1n) is 5.03. The third kappa shape index (κ3) is 2.52. The van der Waals surface area contributed by atoms with E-state index in [1.807, 2.05) is 0 Å². The molecule has 0 amide bonds. The topological polar surface area (TPSA) is 53.6 Å². The molecule has 1 heterocycles. The Morgan fingerprint density at radius 2 is 2.23 bits per heavy atom. The second-order valence-electron chi connectivity index (χ2n) is 3.65. The number of nitrogens with zero attached hydrogens (tertiary/aromatic N) is 2. The molecule has 1 aliphatic rings. The summed E-state index contributed by atoms with van der Waals surface area (Å²) in [5.41, 5.74) is 0. The highest BCUT2D eigenvalue weighted by atomic mass is 15.2. The molecular formula is C9H16N4. The van der Waals surface area contributed by atoms with Gasteiger partial charge in [0.15, 0.2) is 0 Å². The van der Waals surface area contributed by atoms with Gasteiger partial charge in [-0.3, -0.25) is 5.10 Å². The quantitative estimate of drug-likeness (QED) is 0.735. The smallest absolute Gasteiger partial charge is 0.138 e. The standard InChI is InChI=1S/C9H16N4/c1-2-4-8(5-3-1)10-6-9-11-7-12-13-9/h7-8,10H,1-6H2,(H,11,12,13). The molecule has 0 unspecified atom stereocenters. The highest BCUT2D eigenvalue weighted by Gasteiger charge is 2.12. The normalized spacial score (nSPS) is 19.1. The van der Waals surface area contributed by atoms with E-state index in [9.17, 15) is 0 Å². The van der Waals surface area contributed by atoms with Crippen molar-refractivity contribution in [2.75, 3.05) is 0 Å². The van der Waals surface area contributed by atoms with Crippen molar-refractivity contribution in [2.24, 2.45) is 0 Å². The zero-order valence-electron chi connectivity index (χ0n) is 7.79. The van der Waals surface area contributed by atoms with Crippen LogP contribution in [0.15, 0.2) is 6.33 Å². The van der Waals surface area contributed by atoms with Crippen LogP contribution in [-0.4, -0.2) is 21.2 Å². The number of rotatable bonds is 3. The minimum Gasteiger partial charge on any atom is -0.307 e. The molecular weight excluding hydrogens is 164 g/mol. The van der Waals surface area contributed by atoms with Gasteiger partial charge in [-0.05, 0) is 12.8 Å². The Bertz CT molecular complexity index is 226. The minimum atomic E-state index is 0.693. The Hall–Kier alpha value is -0.900. The minimum absolute atomic E-state index is 0.693. The summed E-state index contributed by atoms with van der Waals surface area (Å²) >= 11 is 0. The summed E-state index contributed by atoms with van der Waals surface area (Å²) in [6, 6.07) is 0.693. The molecule has 0 bridgehead atoms. The van der Waals surface area contributed by atoms with E-state index in [2.05, 4.69) is 20.5 Å². The maximum absolute atomic E-state index is 4.07. The molecule has 4 nitrogen and oxygen atoms in total. The van der Waals surface area contributed by atoms with E-state index in [1.165, 1.54) is 32.1 Å². The molecule has 4 heteroatoms. The number of hydrogen-bond donors (Lipinski definition) is 2. The predicted molar refractivity (Wildman–Crippen MR) is 50.1 cm³/mol. The van der Waals surface area contributed by atoms with Crippen LogP contribution in [0.3, 0.4) is 0 Å². The highest BCUT2D eigenvalue weighted by molar-refractivity contribution is 4.81. The van der Waals surface area contributed by atoms with Crippen LogP contribution in [0, 0.1) is 0 Å². The van der Waals surface area contributed by atoms with E-state index in [-0.39, 0.29) is 0 Å². The molecule has 1 aromatic heterocycles. The fourth-order valence-electron chi connectivity index (χ4n) is 1.86. The molecule has 72 valence electrons. The monoisotopic (exact) mass is 180 g/mol. The van der Waals surface area contributed by atoms with Crippen molar-refractivity contribution in [2.45, 2.75) is 44.7 Å². The Morgan fingerprint density at radius 1 is 1.38 bits per heavy atom. The van der Waals surface area contributed by atoms with E-state index in [0.29, 0.717) is 6.04 Å². The zero-order chi connectivity index (χ0) is 8.93. The van der Waals surface area contributed by atoms with Gasteiger partial charge in [0.2, 0.25) is 0 Å². The van der Waals surface area contributed by atoms with Gasteiger partial charge in [0.05, 0.1) is 6.54 Å². The van der Waals surface area contributed by atoms with Gasteiger partial charge in [-0.1, -0.05) is 19.3 Å². The maximum atomic E-state index is 4.07. The Morgan fingerprint density at radius 3 is 2.92 bits per heavy atom. The van der Waals surface area contributed by atoms with E-state index in [1.54, 1.807) is 6.33 Å². The van der Waals surface area contributed by atoms with Gasteiger partial charge in [0, 0.05) is 6.04 Å². The molecule has 0 atom stereocenters. The summed E-state index contributed by atoms with van der Waals surface area (Å²) < 4.78 is 0. The summed E-state index contributed by atoms with van der Waals surface area (Å²) in [6.07, 6.45) is 8.32. The second-order valence-corrected chi connectivity index (χ2v) is 3.65. The lowest BCUT2D eigenvalue weighted by Crippen LogP contribution is -2.30. The number of aromatic nitrogens is 3. The SMILES string of the molecule is c1n[nH]c(CNC2CCCCC2)n1. The first-order valence-corrected chi connectivity index (χ1v) is 5.03. The third-order valence-electron chi connectivity index (χ3n) is 2.63. The number of hydrogen-bond acceptors (Lipinski definition) is 3. The molecule has 1 saturated carbocycles. The Labute approximate surface area is 78.1 Å². The van der Waals surface area contributed by atoms with Gasteiger partial charge in [0.1, 0.15) is 12.2 Å². The summed E-state index contributed by atoms with van der Waals surface area (Å²) in [4.78, 5) is 4.07. The highest BCUT2D eigenvalue weighted by Crippen LogP contribution is 2.17. The molecule has 0 spiro atoms. The second kappa shape index (κ2) is 4.37. The summed E-state index contributed by atoms with van der Waals surface area (Å²) in [6.45, 7) is 0.824. The van der Waals surface area contributed by atoms with Gasteiger partial charge in [-0.15, -0.1) is 0 Å². The number of nitrogens with one attached hydrogen (secondary N) is 2. The van der Waals surface area contributed by atoms with E-state index in [0.717, 1.165) is 12.4 Å². The van der Waals surface area contributed by atoms with Crippen molar-refractivity contribution in [3.8, 4) is 0 Å². The fourth-order valence-corrected chi connectivity index (χ4v) is 1.86. The molecule has 2 N–H and O–H groups in total. The summed E-state index contributed by atoms with van der Waals surface area (Å²) in [5, 5.41) is 10.2. The van der Waals surface area contributed by atoms with Gasteiger partial charge in [-0.2, -0.15) is 5.10 Å². The van der Waals surface area contributed by atoms with Gasteiger partial charge in [-0.25, -0.2) is 4.98 Å². The van der Waals surface area contributed by atoms with Crippen molar-refractivity contribution in [1.29, 1.82) is 0 Å². The zero-order valence-corrected chi connectivity index (χ0v) is 7.79. The lowest BCUT2D eigenvalue weighted by atomic mass is 9.95. The first kappa shape index (κ1) is 8.69. The molecule has 1 aliphatic carbocycles. The van der Waals surface area contributed by atoms with E-state index >= 15 is 0 Å². The van der Waals surface area contributed by atoms with E-state index in [4.69, 9.17) is 0 Å². The molecule has 0 radical (unpaired) electrons. The van der Waals surface area contributed by atoms with Crippen LogP contribution >= 0.6 is 0 Å². The van der Waals surface area contributed by atoms with Crippen molar-refractivity contribution >= 4 is 0 Å². The third-order valence-corrected chi connectivity index (χ3v) is 2.63. The van der Waals surface area contributed by atoms with Crippen molar-refractivity contribution in [3.63, 3.8) is 0 Å². The molecule has 1 fully saturated rings. The molecule has 1 aromatic rings. The summed E-state index contributed by atoms with van der Waals surface area (Å²) in [7, 11) is 0. The van der Waals surface area contributed by atoms with Crippen LogP contribution in [-0.2, 0) is 6.54 Å². The molecule has 0 aliphatic heterocycles. The molecule has 13 heavy (non-hydrogen) atoms. The Kier molecular flexibility index (Phi) is 2.92. The average Bonchev–Trinajstić information content (AvgIpc) is 2.69. The number of aromatic amines is 1. The Balaban J connectivity index is 1.72. The average molecular weight is 180 g/mol. The lowest BCUT2D eigenvalue weighted by molar-refractivity contribution is 0.369. The predicted octanol–water partition coefficient (Wildman–Crippen LogP) is 1.23. The molecule has 0 aromatic carbocycles. The van der Waals surface area contributed by atoms with Gasteiger partial charge >= 0.3 is 0 Å². The van der Waals surface area contributed by atoms with Crippen molar-refractivity contribution in [3.05, 3.63) is 12.2 Å². The van der Waals surface area contributed by atoms with Crippen LogP contribution in [0.5, 0.6) is 0 Å². The van der Waals surface area contributed by atoms with Crippen molar-refractivity contribution in [1.82, 2.24) is 20.5 Å². The van der Waals surface area contributed by atoms with Crippen LogP contribution in [0.4, 0.5) is 0 Å². The van der Waals surface area contributed by atoms with Gasteiger partial charge in [0.25, 0.3) is 0 Å². The largest absolute Gasteiger partial charge is 0.307 e. The van der Waals surface area contributed by atoms with Crippen molar-refractivity contribution < 1.29 is 0 Å². The van der Waals surface area contributed by atoms with Crippen LogP contribution in [0.2, 0.25) is 0 Å². The molecule has 0 saturated heterocycles. The lowest BCUT2D eigenvalue weighted by Gasteiger charge is -2.22. The summed E-state index contributed by atoms with van der Waals surface area (Å²) in [5.74, 6) is 0.936. The van der Waals surface area contributed by atoms with E-state index < -0.39 is 0 Å². The van der Waals surface area contributed by atoms with Crippen LogP contribution in [0.1, 0.15) is 37.9 Å². The fraction of sp³-hybridized carbons (Fsp3) is 0.778. The number of H-pyrrole nitrogens is 1. The van der Waals surface area contributed by atoms with Crippen LogP contribution < -0.4 is 5.32 Å². The van der Waals surface area contributed by atoms with Gasteiger partial charge < -0.3 is 5.32 Å². The molecule has 2 rings (SSSR count).